The maximum Gasteiger partial charge on any atom is 0.311 e. The molecule has 2 aromatic heterocycles. The first-order valence-electron chi connectivity index (χ1n) is 26.4. The quantitative estimate of drug-likeness (QED) is 0.0783. The van der Waals surface area contributed by atoms with Crippen molar-refractivity contribution in [2.75, 3.05) is 34.3 Å². The zero-order valence-corrected chi connectivity index (χ0v) is 46.1. The Morgan fingerprint density at radius 3 is 2.31 bits per heavy atom. The van der Waals surface area contributed by atoms with Crippen molar-refractivity contribution in [1.82, 2.24) is 39.8 Å². The molecule has 19 atom stereocenters. The molecule has 75 heavy (non-hydrogen) atoms. The monoisotopic (exact) mass is 1060 g/mol. The van der Waals surface area contributed by atoms with Crippen LogP contribution in [0.3, 0.4) is 0 Å². The Bertz CT molecular complexity index is 2270. The third kappa shape index (κ3) is 14.3. The number of cyclic esters (lactones) is 1. The SMILES string of the molecule is CC[C@H]1OC(=O)[C@H](C)[C@@H](O[C@H]2C[C@@](C)(OC)[C@@H](O)[C@H](C)O2)[C@H](C)[C@@H](O[C@@H]2O[C@H](C)C[C@H](N(C)CCc3cn([C@@H](Cc4ccc([N+](=O)[O-])cc4)Cn4ccnn4)nn3)[C@H]2O)[C@](C)(O)C[C@@H](C)CN(C)[C@H](C)[C@@H](O)[C@]1(C)O. The molecule has 0 aliphatic carbocycles. The number of likely N-dealkylation sites (N-methyl/N-ethyl adjacent to an activating group) is 2. The molecule has 23 nitrogen and oxygen atoms in total. The van der Waals surface area contributed by atoms with Gasteiger partial charge < -0.3 is 63.8 Å². The number of carbonyl (C=O) groups is 1. The van der Waals surface area contributed by atoms with Crippen molar-refractivity contribution in [2.45, 2.75) is 211 Å². The van der Waals surface area contributed by atoms with Gasteiger partial charge >= 0.3 is 5.97 Å². The van der Waals surface area contributed by atoms with Crippen LogP contribution in [0, 0.1) is 27.9 Å². The number of esters is 1. The fourth-order valence-electron chi connectivity index (χ4n) is 11.5. The van der Waals surface area contributed by atoms with Crippen LogP contribution in [0.25, 0.3) is 0 Å². The number of aliphatic hydroxyl groups is 5. The number of non-ortho nitro benzene ring substituents is 1. The van der Waals surface area contributed by atoms with E-state index in [9.17, 15) is 40.4 Å². The second-order valence-electron chi connectivity index (χ2n) is 22.5. The minimum Gasteiger partial charge on any atom is -0.459 e. The first-order valence-corrected chi connectivity index (χ1v) is 26.4. The number of hydrogen-bond donors (Lipinski definition) is 5. The average Bonchev–Trinajstić information content (AvgIpc) is 4.07. The van der Waals surface area contributed by atoms with Crippen LogP contribution in [0.15, 0.2) is 42.9 Å². The predicted octanol–water partition coefficient (Wildman–Crippen LogP) is 3.09. The fourth-order valence-corrected chi connectivity index (χ4v) is 11.5. The molecule has 3 fully saturated rings. The Hall–Kier alpha value is -4.11. The molecule has 3 aliphatic rings. The maximum atomic E-state index is 14.5. The summed E-state index contributed by atoms with van der Waals surface area (Å²) in [5.41, 5.74) is -3.03. The number of hydrogen-bond acceptors (Lipinski definition) is 20. The molecule has 23 heteroatoms. The number of methoxy groups -OCH3 is 1. The van der Waals surface area contributed by atoms with Gasteiger partial charge in [0.05, 0.1) is 70.9 Å². The van der Waals surface area contributed by atoms with E-state index in [1.807, 2.05) is 43.9 Å². The van der Waals surface area contributed by atoms with Crippen LogP contribution in [0.5, 0.6) is 0 Å². The number of aromatic nitrogens is 6. The lowest BCUT2D eigenvalue weighted by molar-refractivity contribution is -0.384. The lowest BCUT2D eigenvalue weighted by atomic mass is 9.77. The second kappa shape index (κ2) is 25.1. The summed E-state index contributed by atoms with van der Waals surface area (Å²) in [6.07, 6.45) is -3.28. The van der Waals surface area contributed by atoms with Gasteiger partial charge in [0, 0.05) is 75.6 Å². The number of carbonyl (C=O) groups excluding carboxylic acids is 1. The highest BCUT2D eigenvalue weighted by Gasteiger charge is 2.53. The summed E-state index contributed by atoms with van der Waals surface area (Å²) in [5.74, 6) is -2.88. The van der Waals surface area contributed by atoms with E-state index in [1.165, 1.54) is 26.2 Å². The standard InChI is InChI=1S/C52H85N9O14/c1-14-41-52(10,67)45(63)34(6)58(12)27-30(2)25-50(8,66)47(32(4)44(33(5)48(65)73-41)74-42-26-51(9,70-13)46(64)35(7)72-42)75-49-43(62)40(23-31(3)71-49)57(11)21-19-37-28-60(56-54-37)39(29-59-22-20-53-55-59)24-36-15-17-38(18-16-36)61(68)69/h15-18,20,22,28,30-35,39-47,49,62-64,66-67H,14,19,21,23-27,29H2,1-13H3/t30-,31-,32+,33-,34-,35+,39+,40+,41-,42+,43-,44+,45-,46+,47-,49+,50-,51-,52-/m1/s1. The minimum absolute atomic E-state index is 0.00201. The van der Waals surface area contributed by atoms with Crippen molar-refractivity contribution in [3.05, 3.63) is 64.2 Å². The number of nitro groups is 1. The van der Waals surface area contributed by atoms with Crippen LogP contribution >= 0.6 is 0 Å². The molecule has 3 aromatic rings. The summed E-state index contributed by atoms with van der Waals surface area (Å²) in [6.45, 7) is 18.7. The number of nitrogens with zero attached hydrogens (tertiary/aromatic N) is 9. The Labute approximate surface area is 440 Å². The molecule has 0 unspecified atom stereocenters. The summed E-state index contributed by atoms with van der Waals surface area (Å²) >= 11 is 0. The van der Waals surface area contributed by atoms with Crippen molar-refractivity contribution >= 4 is 11.7 Å². The summed E-state index contributed by atoms with van der Waals surface area (Å²) in [6, 6.07) is 5.08. The van der Waals surface area contributed by atoms with E-state index in [4.69, 9.17) is 28.4 Å². The molecule has 0 radical (unpaired) electrons. The summed E-state index contributed by atoms with van der Waals surface area (Å²) in [5, 5.41) is 88.3. The summed E-state index contributed by atoms with van der Waals surface area (Å²) < 4.78 is 41.8. The smallest absolute Gasteiger partial charge is 0.311 e. The lowest BCUT2D eigenvalue weighted by Gasteiger charge is -2.49. The zero-order valence-electron chi connectivity index (χ0n) is 46.1. The molecule has 3 saturated heterocycles. The molecule has 0 amide bonds. The Morgan fingerprint density at radius 2 is 1.68 bits per heavy atom. The summed E-state index contributed by atoms with van der Waals surface area (Å²) in [7, 11) is 5.23. The van der Waals surface area contributed by atoms with Crippen LogP contribution in [0.2, 0.25) is 0 Å². The first kappa shape index (κ1) is 60.1. The largest absolute Gasteiger partial charge is 0.459 e. The normalized spacial score (nSPS) is 38.4. The number of rotatable bonds is 16. The van der Waals surface area contributed by atoms with Crippen LogP contribution in [0.1, 0.15) is 112 Å². The maximum absolute atomic E-state index is 14.5. The van der Waals surface area contributed by atoms with Crippen LogP contribution in [-0.4, -0.2) is 201 Å². The molecular weight excluding hydrogens is 975 g/mol. The lowest BCUT2D eigenvalue weighted by Crippen LogP contribution is -2.61. The van der Waals surface area contributed by atoms with Gasteiger partial charge in [0.1, 0.15) is 30.0 Å². The van der Waals surface area contributed by atoms with E-state index in [-0.39, 0.29) is 36.9 Å². The first-order chi connectivity index (χ1) is 35.2. The van der Waals surface area contributed by atoms with Gasteiger partial charge in [0.2, 0.25) is 0 Å². The van der Waals surface area contributed by atoms with Crippen LogP contribution in [0.4, 0.5) is 5.69 Å². The van der Waals surface area contributed by atoms with E-state index >= 15 is 0 Å². The Balaban J connectivity index is 1.27. The van der Waals surface area contributed by atoms with Crippen molar-refractivity contribution in [1.29, 1.82) is 0 Å². The van der Waals surface area contributed by atoms with Crippen LogP contribution in [-0.2, 0) is 52.6 Å². The van der Waals surface area contributed by atoms with Crippen molar-refractivity contribution < 1.29 is 63.7 Å². The van der Waals surface area contributed by atoms with Crippen molar-refractivity contribution in [2.24, 2.45) is 17.8 Å². The highest BCUT2D eigenvalue weighted by atomic mass is 16.7. The molecular formula is C52H85N9O14. The molecule has 5 heterocycles. The van der Waals surface area contributed by atoms with Crippen molar-refractivity contribution in [3.63, 3.8) is 0 Å². The number of benzene rings is 1. The summed E-state index contributed by atoms with van der Waals surface area (Å²) in [4.78, 5) is 29.3. The van der Waals surface area contributed by atoms with E-state index in [0.29, 0.717) is 44.6 Å². The average molecular weight is 1060 g/mol. The molecule has 0 spiro atoms. The van der Waals surface area contributed by atoms with Gasteiger partial charge in [-0.1, -0.05) is 43.3 Å². The fraction of sp³-hybridized carbons (Fsp3) is 0.788. The van der Waals surface area contributed by atoms with Gasteiger partial charge in [-0.25, -0.2) is 4.68 Å². The Morgan fingerprint density at radius 1 is 0.987 bits per heavy atom. The number of ether oxygens (including phenoxy) is 6. The predicted molar refractivity (Wildman–Crippen MR) is 273 cm³/mol. The van der Waals surface area contributed by atoms with Crippen molar-refractivity contribution in [3.8, 4) is 0 Å². The molecule has 6 rings (SSSR count). The van der Waals surface area contributed by atoms with E-state index in [1.54, 1.807) is 82.4 Å². The topological polar surface area (TPSA) is 285 Å². The van der Waals surface area contributed by atoms with Gasteiger partial charge in [0.25, 0.3) is 5.69 Å². The molecule has 1 aromatic carbocycles. The molecule has 422 valence electrons. The minimum atomic E-state index is -1.85. The van der Waals surface area contributed by atoms with E-state index in [2.05, 4.69) is 20.6 Å². The van der Waals surface area contributed by atoms with Gasteiger partial charge in [-0.2, -0.15) is 0 Å². The van der Waals surface area contributed by atoms with E-state index in [0.717, 1.165) is 5.56 Å². The highest BCUT2D eigenvalue weighted by Crippen LogP contribution is 2.40. The van der Waals surface area contributed by atoms with Gasteiger partial charge in [-0.05, 0) is 99.7 Å². The molecule has 3 aliphatic heterocycles. The van der Waals surface area contributed by atoms with Gasteiger partial charge in [-0.15, -0.1) is 10.2 Å². The molecule has 0 saturated carbocycles. The Kier molecular flexibility index (Phi) is 20.1. The molecule has 0 bridgehead atoms. The van der Waals surface area contributed by atoms with E-state index < -0.39 is 113 Å². The van der Waals surface area contributed by atoms with Gasteiger partial charge in [-0.3, -0.25) is 19.6 Å². The second-order valence-corrected chi connectivity index (χ2v) is 22.5. The zero-order chi connectivity index (χ0) is 55.3. The third-order valence-corrected chi connectivity index (χ3v) is 16.3. The number of aliphatic hydroxyl groups excluding tert-OH is 3. The van der Waals surface area contributed by atoms with Gasteiger partial charge in [0.15, 0.2) is 12.6 Å². The highest BCUT2D eigenvalue weighted by molar-refractivity contribution is 5.73. The molecule has 5 N–H and O–H groups in total. The van der Waals surface area contributed by atoms with Crippen LogP contribution < -0.4 is 0 Å². The number of nitro benzene ring substituents is 1. The third-order valence-electron chi connectivity index (χ3n) is 16.3.